The molecule has 5 nitrogen and oxygen atoms in total. The van der Waals surface area contributed by atoms with E-state index in [0.717, 1.165) is 44.1 Å². The standard InChI is InChI=1S/C18H26N2O3/c21-18(23-13-14-4-2-1-3-5-14)20-17-10-16(11-17)19-8-6-15-7-9-22-12-15/h1-5,15-17,19H,6-13H2,(H,20,21). The second kappa shape index (κ2) is 8.31. The molecule has 23 heavy (non-hydrogen) atoms. The summed E-state index contributed by atoms with van der Waals surface area (Å²) < 4.78 is 10.6. The first-order chi connectivity index (χ1) is 11.3. The monoisotopic (exact) mass is 318 g/mol. The van der Waals surface area contributed by atoms with Gasteiger partial charge in [0.1, 0.15) is 6.61 Å². The van der Waals surface area contributed by atoms with Gasteiger partial charge in [0, 0.05) is 25.3 Å². The van der Waals surface area contributed by atoms with Gasteiger partial charge in [0.2, 0.25) is 0 Å². The van der Waals surface area contributed by atoms with Gasteiger partial charge >= 0.3 is 6.09 Å². The molecule has 0 spiro atoms. The fourth-order valence-electron chi connectivity index (χ4n) is 3.14. The highest BCUT2D eigenvalue weighted by Gasteiger charge is 2.30. The topological polar surface area (TPSA) is 59.6 Å². The summed E-state index contributed by atoms with van der Waals surface area (Å²) in [5.41, 5.74) is 1.01. The summed E-state index contributed by atoms with van der Waals surface area (Å²) in [5.74, 6) is 0.726. The second-order valence-electron chi connectivity index (χ2n) is 6.54. The number of hydrogen-bond acceptors (Lipinski definition) is 4. The van der Waals surface area contributed by atoms with Crippen molar-refractivity contribution in [3.63, 3.8) is 0 Å². The van der Waals surface area contributed by atoms with Crippen LogP contribution in [0.5, 0.6) is 0 Å². The Morgan fingerprint density at radius 2 is 2.04 bits per heavy atom. The minimum atomic E-state index is -0.319. The first kappa shape index (κ1) is 16.3. The van der Waals surface area contributed by atoms with Crippen LogP contribution in [0.3, 0.4) is 0 Å². The van der Waals surface area contributed by atoms with Crippen molar-refractivity contribution >= 4 is 6.09 Å². The molecule has 1 aliphatic carbocycles. The molecule has 1 atom stereocenters. The Morgan fingerprint density at radius 3 is 2.78 bits per heavy atom. The number of carbonyl (C=O) groups excluding carboxylic acids is 1. The van der Waals surface area contributed by atoms with Crippen LogP contribution in [0.4, 0.5) is 4.79 Å². The fourth-order valence-corrected chi connectivity index (χ4v) is 3.14. The summed E-state index contributed by atoms with van der Waals surface area (Å²) >= 11 is 0. The third-order valence-electron chi connectivity index (χ3n) is 4.68. The van der Waals surface area contributed by atoms with E-state index in [1.807, 2.05) is 30.3 Å². The summed E-state index contributed by atoms with van der Waals surface area (Å²) in [5, 5.41) is 6.49. The SMILES string of the molecule is O=C(NC1CC(NCCC2CCOC2)C1)OCc1ccccc1. The molecule has 1 heterocycles. The Kier molecular flexibility index (Phi) is 5.88. The van der Waals surface area contributed by atoms with Crippen LogP contribution in [0.15, 0.2) is 30.3 Å². The van der Waals surface area contributed by atoms with Crippen LogP contribution in [-0.4, -0.2) is 37.9 Å². The number of hydrogen-bond donors (Lipinski definition) is 2. The highest BCUT2D eigenvalue weighted by atomic mass is 16.5. The molecule has 2 aliphatic rings. The number of benzene rings is 1. The summed E-state index contributed by atoms with van der Waals surface area (Å²) in [6, 6.07) is 10.5. The summed E-state index contributed by atoms with van der Waals surface area (Å²) in [4.78, 5) is 11.7. The predicted octanol–water partition coefficient (Wildman–Crippen LogP) is 2.46. The van der Waals surface area contributed by atoms with Crippen LogP contribution in [0.25, 0.3) is 0 Å². The Balaban J connectivity index is 1.23. The van der Waals surface area contributed by atoms with Gasteiger partial charge in [-0.15, -0.1) is 0 Å². The molecule has 1 amide bonds. The molecular formula is C18H26N2O3. The van der Waals surface area contributed by atoms with Gasteiger partial charge in [-0.25, -0.2) is 4.79 Å². The molecule has 1 aromatic rings. The molecule has 1 saturated heterocycles. The number of nitrogens with one attached hydrogen (secondary N) is 2. The average Bonchev–Trinajstić information content (AvgIpc) is 3.05. The molecule has 1 saturated carbocycles. The van der Waals surface area contributed by atoms with E-state index < -0.39 is 0 Å². The number of amides is 1. The lowest BCUT2D eigenvalue weighted by Gasteiger charge is -2.36. The second-order valence-corrected chi connectivity index (χ2v) is 6.54. The zero-order valence-electron chi connectivity index (χ0n) is 13.5. The lowest BCUT2D eigenvalue weighted by molar-refractivity contribution is 0.125. The van der Waals surface area contributed by atoms with Crippen molar-refractivity contribution in [2.24, 2.45) is 5.92 Å². The van der Waals surface area contributed by atoms with Crippen LogP contribution in [-0.2, 0) is 16.1 Å². The number of alkyl carbamates (subject to hydrolysis) is 1. The molecule has 0 radical (unpaired) electrons. The molecule has 2 N–H and O–H groups in total. The van der Waals surface area contributed by atoms with Crippen molar-refractivity contribution < 1.29 is 14.3 Å². The van der Waals surface area contributed by atoms with Crippen molar-refractivity contribution in [2.45, 2.75) is 44.4 Å². The predicted molar refractivity (Wildman–Crippen MR) is 88.1 cm³/mol. The van der Waals surface area contributed by atoms with Crippen molar-refractivity contribution in [2.75, 3.05) is 19.8 Å². The molecule has 126 valence electrons. The zero-order valence-corrected chi connectivity index (χ0v) is 13.5. The molecule has 2 fully saturated rings. The van der Waals surface area contributed by atoms with E-state index in [0.29, 0.717) is 12.6 Å². The van der Waals surface area contributed by atoms with Crippen LogP contribution >= 0.6 is 0 Å². The van der Waals surface area contributed by atoms with E-state index in [9.17, 15) is 4.79 Å². The van der Waals surface area contributed by atoms with Crippen LogP contribution in [0.2, 0.25) is 0 Å². The molecule has 3 rings (SSSR count). The third-order valence-corrected chi connectivity index (χ3v) is 4.68. The van der Waals surface area contributed by atoms with Gasteiger partial charge in [-0.2, -0.15) is 0 Å². The van der Waals surface area contributed by atoms with Crippen molar-refractivity contribution in [1.82, 2.24) is 10.6 Å². The summed E-state index contributed by atoms with van der Waals surface area (Å²) in [6.45, 7) is 3.21. The smallest absolute Gasteiger partial charge is 0.407 e. The Hall–Kier alpha value is -1.59. The molecule has 0 aromatic heterocycles. The van der Waals surface area contributed by atoms with Gasteiger partial charge in [0.15, 0.2) is 0 Å². The minimum Gasteiger partial charge on any atom is -0.445 e. The molecule has 1 aromatic carbocycles. The zero-order chi connectivity index (χ0) is 15.9. The maximum Gasteiger partial charge on any atom is 0.407 e. The van der Waals surface area contributed by atoms with Crippen LogP contribution in [0.1, 0.15) is 31.2 Å². The van der Waals surface area contributed by atoms with Crippen molar-refractivity contribution in [3.05, 3.63) is 35.9 Å². The maximum atomic E-state index is 11.7. The molecule has 1 unspecified atom stereocenters. The van der Waals surface area contributed by atoms with Gasteiger partial charge in [-0.3, -0.25) is 0 Å². The quantitative estimate of drug-likeness (QED) is 0.811. The van der Waals surface area contributed by atoms with Crippen molar-refractivity contribution in [1.29, 1.82) is 0 Å². The highest BCUT2D eigenvalue weighted by Crippen LogP contribution is 2.21. The molecular weight excluding hydrogens is 292 g/mol. The minimum absolute atomic E-state index is 0.241. The van der Waals surface area contributed by atoms with E-state index in [4.69, 9.17) is 9.47 Å². The van der Waals surface area contributed by atoms with Gasteiger partial charge < -0.3 is 20.1 Å². The van der Waals surface area contributed by atoms with Gasteiger partial charge in [0.25, 0.3) is 0 Å². The van der Waals surface area contributed by atoms with E-state index in [-0.39, 0.29) is 12.1 Å². The first-order valence-corrected chi connectivity index (χ1v) is 8.58. The normalized spacial score (nSPS) is 26.5. The van der Waals surface area contributed by atoms with Gasteiger partial charge in [0.05, 0.1) is 0 Å². The Labute approximate surface area is 137 Å². The van der Waals surface area contributed by atoms with Crippen LogP contribution < -0.4 is 10.6 Å². The summed E-state index contributed by atoms with van der Waals surface area (Å²) in [6.07, 6.45) is 4.04. The van der Waals surface area contributed by atoms with Crippen molar-refractivity contribution in [3.8, 4) is 0 Å². The fraction of sp³-hybridized carbons (Fsp3) is 0.611. The number of rotatable bonds is 7. The van der Waals surface area contributed by atoms with E-state index in [1.54, 1.807) is 0 Å². The number of ether oxygens (including phenoxy) is 2. The van der Waals surface area contributed by atoms with E-state index in [2.05, 4.69) is 10.6 Å². The summed E-state index contributed by atoms with van der Waals surface area (Å²) in [7, 11) is 0. The Morgan fingerprint density at radius 1 is 1.22 bits per heavy atom. The molecule has 0 bridgehead atoms. The van der Waals surface area contributed by atoms with Gasteiger partial charge in [-0.05, 0) is 43.7 Å². The largest absolute Gasteiger partial charge is 0.445 e. The third kappa shape index (κ3) is 5.22. The Bertz CT molecular complexity index is 482. The van der Waals surface area contributed by atoms with Crippen LogP contribution in [0, 0.1) is 5.92 Å². The van der Waals surface area contributed by atoms with E-state index >= 15 is 0 Å². The molecule has 1 aliphatic heterocycles. The maximum absolute atomic E-state index is 11.7. The number of carbonyl (C=O) groups is 1. The lowest BCUT2D eigenvalue weighted by Crippen LogP contribution is -2.52. The average molecular weight is 318 g/mol. The van der Waals surface area contributed by atoms with E-state index in [1.165, 1.54) is 12.8 Å². The lowest BCUT2D eigenvalue weighted by atomic mass is 9.86. The molecule has 5 heteroatoms. The first-order valence-electron chi connectivity index (χ1n) is 8.58. The highest BCUT2D eigenvalue weighted by molar-refractivity contribution is 5.67. The van der Waals surface area contributed by atoms with Gasteiger partial charge in [-0.1, -0.05) is 30.3 Å².